The molecule has 112 valence electrons. The van der Waals surface area contributed by atoms with Crippen molar-refractivity contribution in [3.63, 3.8) is 0 Å². The van der Waals surface area contributed by atoms with Crippen LogP contribution in [-0.4, -0.2) is 41.9 Å². The van der Waals surface area contributed by atoms with E-state index in [1.54, 1.807) is 0 Å². The molecule has 1 rings (SSSR count). The summed E-state index contributed by atoms with van der Waals surface area (Å²) in [6.07, 6.45) is -4.47. The molecule has 0 saturated heterocycles. The van der Waals surface area contributed by atoms with Gasteiger partial charge in [-0.05, 0) is 18.2 Å². The molecule has 20 heavy (non-hydrogen) atoms. The normalized spacial score (nSPS) is 11.7. The van der Waals surface area contributed by atoms with Crippen LogP contribution in [0.15, 0.2) is 24.3 Å². The van der Waals surface area contributed by atoms with Crippen LogP contribution in [0.1, 0.15) is 5.56 Å². The quantitative estimate of drug-likeness (QED) is 0.618. The number of alkyl halides is 3. The molecule has 0 fully saturated rings. The van der Waals surface area contributed by atoms with Crippen molar-refractivity contribution in [3.05, 3.63) is 29.8 Å². The molecule has 4 N–H and O–H groups in total. The highest BCUT2D eigenvalue weighted by molar-refractivity contribution is 5.92. The highest BCUT2D eigenvalue weighted by Crippen LogP contribution is 2.30. The predicted octanol–water partition coefficient (Wildman–Crippen LogP) is 0.587. The number of anilines is 1. The second-order valence-electron chi connectivity index (χ2n) is 4.07. The molecule has 8 heteroatoms. The van der Waals surface area contributed by atoms with Gasteiger partial charge in [0.1, 0.15) is 0 Å². The number of carbonyl (C=O) groups excluding carboxylic acids is 1. The topological polar surface area (TPSA) is 81.6 Å². The number of hydrogen-bond donors (Lipinski definition) is 4. The Morgan fingerprint density at radius 1 is 1.25 bits per heavy atom. The number of aliphatic hydroxyl groups excluding tert-OH is 2. The molecule has 0 saturated carbocycles. The van der Waals surface area contributed by atoms with Gasteiger partial charge in [0.15, 0.2) is 0 Å². The van der Waals surface area contributed by atoms with Crippen molar-refractivity contribution in [3.8, 4) is 0 Å². The molecule has 0 aliphatic carbocycles. The SMILES string of the molecule is O=C(CNC(CO)CO)Nc1cccc(C(F)(F)F)c1. The zero-order chi connectivity index (χ0) is 15.2. The van der Waals surface area contributed by atoms with Crippen LogP contribution in [0.5, 0.6) is 0 Å². The Kier molecular flexibility index (Phi) is 5.93. The van der Waals surface area contributed by atoms with Gasteiger partial charge in [-0.1, -0.05) is 6.07 Å². The summed E-state index contributed by atoms with van der Waals surface area (Å²) in [5.41, 5.74) is -0.831. The van der Waals surface area contributed by atoms with E-state index in [1.807, 2.05) is 0 Å². The standard InChI is InChI=1S/C12H15F3N2O3/c13-12(14,15)8-2-1-3-9(4-8)17-11(20)5-16-10(6-18)7-19/h1-4,10,16,18-19H,5-7H2,(H,17,20). The van der Waals surface area contributed by atoms with E-state index in [-0.39, 0.29) is 25.4 Å². The fraction of sp³-hybridized carbons (Fsp3) is 0.417. The monoisotopic (exact) mass is 292 g/mol. The highest BCUT2D eigenvalue weighted by Gasteiger charge is 2.30. The van der Waals surface area contributed by atoms with E-state index in [4.69, 9.17) is 10.2 Å². The number of hydrogen-bond acceptors (Lipinski definition) is 4. The number of aliphatic hydroxyl groups is 2. The molecule has 1 aromatic rings. The minimum Gasteiger partial charge on any atom is -0.395 e. The largest absolute Gasteiger partial charge is 0.416 e. The second-order valence-corrected chi connectivity index (χ2v) is 4.07. The average molecular weight is 292 g/mol. The van der Waals surface area contributed by atoms with Crippen LogP contribution in [0, 0.1) is 0 Å². The fourth-order valence-electron chi connectivity index (χ4n) is 1.40. The number of amides is 1. The predicted molar refractivity (Wildman–Crippen MR) is 66.0 cm³/mol. The summed E-state index contributed by atoms with van der Waals surface area (Å²) in [6.45, 7) is -0.942. The molecule has 0 bridgehead atoms. The fourth-order valence-corrected chi connectivity index (χ4v) is 1.40. The van der Waals surface area contributed by atoms with Gasteiger partial charge in [0.05, 0.1) is 31.4 Å². The summed E-state index contributed by atoms with van der Waals surface area (Å²) >= 11 is 0. The second kappa shape index (κ2) is 7.22. The van der Waals surface area contributed by atoms with Gasteiger partial charge in [-0.2, -0.15) is 13.2 Å². The van der Waals surface area contributed by atoms with Crippen molar-refractivity contribution in [2.75, 3.05) is 25.1 Å². The lowest BCUT2D eigenvalue weighted by Crippen LogP contribution is -2.40. The first-order chi connectivity index (χ1) is 9.36. The van der Waals surface area contributed by atoms with E-state index >= 15 is 0 Å². The molecular formula is C12H15F3N2O3. The number of benzene rings is 1. The van der Waals surface area contributed by atoms with Crippen molar-refractivity contribution in [2.24, 2.45) is 0 Å². The Hall–Kier alpha value is -1.64. The molecule has 1 amide bonds. The lowest BCUT2D eigenvalue weighted by molar-refractivity contribution is -0.137. The third kappa shape index (κ3) is 5.16. The first-order valence-electron chi connectivity index (χ1n) is 5.79. The molecule has 0 aliphatic rings. The smallest absolute Gasteiger partial charge is 0.395 e. The lowest BCUT2D eigenvalue weighted by Gasteiger charge is -2.13. The van der Waals surface area contributed by atoms with Crippen LogP contribution in [0.25, 0.3) is 0 Å². The van der Waals surface area contributed by atoms with E-state index in [9.17, 15) is 18.0 Å². The molecule has 5 nitrogen and oxygen atoms in total. The zero-order valence-electron chi connectivity index (χ0n) is 10.4. The molecule has 0 heterocycles. The van der Waals surface area contributed by atoms with E-state index < -0.39 is 23.7 Å². The maximum absolute atomic E-state index is 12.5. The van der Waals surface area contributed by atoms with E-state index in [2.05, 4.69) is 10.6 Å². The minimum atomic E-state index is -4.47. The molecule has 0 aliphatic heterocycles. The van der Waals surface area contributed by atoms with E-state index in [1.165, 1.54) is 12.1 Å². The molecule has 1 aromatic carbocycles. The summed E-state index contributed by atoms with van der Waals surface area (Å²) < 4.78 is 37.4. The van der Waals surface area contributed by atoms with Crippen LogP contribution >= 0.6 is 0 Å². The lowest BCUT2D eigenvalue weighted by atomic mass is 10.2. The van der Waals surface area contributed by atoms with Gasteiger partial charge >= 0.3 is 6.18 Å². The van der Waals surface area contributed by atoms with Crippen LogP contribution < -0.4 is 10.6 Å². The Bertz CT molecular complexity index is 448. The van der Waals surface area contributed by atoms with Crippen LogP contribution in [0.4, 0.5) is 18.9 Å². The van der Waals surface area contributed by atoms with Gasteiger partial charge in [-0.15, -0.1) is 0 Å². The van der Waals surface area contributed by atoms with Crippen LogP contribution in [0.3, 0.4) is 0 Å². The van der Waals surface area contributed by atoms with Crippen molar-refractivity contribution in [1.82, 2.24) is 5.32 Å². The number of rotatable bonds is 6. The first kappa shape index (κ1) is 16.4. The summed E-state index contributed by atoms with van der Waals surface area (Å²) in [6, 6.07) is 3.61. The van der Waals surface area contributed by atoms with Gasteiger partial charge < -0.3 is 20.8 Å². The summed E-state index contributed by atoms with van der Waals surface area (Å²) in [5, 5.41) is 22.4. The molecule has 0 unspecified atom stereocenters. The third-order valence-corrected chi connectivity index (χ3v) is 2.47. The van der Waals surface area contributed by atoms with Gasteiger partial charge in [0.25, 0.3) is 0 Å². The molecule has 0 spiro atoms. The van der Waals surface area contributed by atoms with Crippen molar-refractivity contribution in [2.45, 2.75) is 12.2 Å². The van der Waals surface area contributed by atoms with E-state index in [0.717, 1.165) is 12.1 Å². The maximum atomic E-state index is 12.5. The third-order valence-electron chi connectivity index (χ3n) is 2.47. The van der Waals surface area contributed by atoms with Crippen molar-refractivity contribution in [1.29, 1.82) is 0 Å². The molecule has 0 aromatic heterocycles. The molecule has 0 radical (unpaired) electrons. The summed E-state index contributed by atoms with van der Waals surface area (Å²) in [5.74, 6) is -0.573. The Morgan fingerprint density at radius 2 is 1.90 bits per heavy atom. The molecular weight excluding hydrogens is 277 g/mol. The maximum Gasteiger partial charge on any atom is 0.416 e. The van der Waals surface area contributed by atoms with Gasteiger partial charge in [-0.3, -0.25) is 4.79 Å². The van der Waals surface area contributed by atoms with Crippen LogP contribution in [0.2, 0.25) is 0 Å². The Morgan fingerprint density at radius 3 is 2.45 bits per heavy atom. The minimum absolute atomic E-state index is 0.0242. The first-order valence-corrected chi connectivity index (χ1v) is 5.79. The van der Waals surface area contributed by atoms with Gasteiger partial charge in [0, 0.05) is 5.69 Å². The number of carbonyl (C=O) groups is 1. The summed E-state index contributed by atoms with van der Waals surface area (Å²) in [7, 11) is 0. The van der Waals surface area contributed by atoms with Crippen molar-refractivity contribution < 1.29 is 28.2 Å². The Labute approximate surface area is 113 Å². The number of nitrogens with one attached hydrogen (secondary N) is 2. The number of halogens is 3. The van der Waals surface area contributed by atoms with E-state index in [0.29, 0.717) is 0 Å². The van der Waals surface area contributed by atoms with Gasteiger partial charge in [0.2, 0.25) is 5.91 Å². The highest BCUT2D eigenvalue weighted by atomic mass is 19.4. The van der Waals surface area contributed by atoms with Gasteiger partial charge in [-0.25, -0.2) is 0 Å². The average Bonchev–Trinajstić information content (AvgIpc) is 2.39. The molecule has 0 atom stereocenters. The van der Waals surface area contributed by atoms with Crippen LogP contribution in [-0.2, 0) is 11.0 Å². The Balaban J connectivity index is 2.58. The summed E-state index contributed by atoms with van der Waals surface area (Å²) in [4.78, 5) is 11.5. The zero-order valence-corrected chi connectivity index (χ0v) is 10.4. The van der Waals surface area contributed by atoms with Crippen molar-refractivity contribution >= 4 is 11.6 Å².